The fourth-order valence-corrected chi connectivity index (χ4v) is 4.47. The van der Waals surface area contributed by atoms with Crippen molar-refractivity contribution < 1.29 is 4.79 Å². The molecule has 1 aromatic carbocycles. The third kappa shape index (κ3) is 2.05. The Hall–Kier alpha value is -1.22. The Bertz CT molecular complexity index is 598. The molecule has 114 valence electrons. The van der Waals surface area contributed by atoms with Crippen LogP contribution in [0.25, 0.3) is 0 Å². The van der Waals surface area contributed by atoms with E-state index in [0.717, 1.165) is 6.42 Å². The summed E-state index contributed by atoms with van der Waals surface area (Å²) in [5, 5.41) is 3.72. The Morgan fingerprint density at radius 1 is 1.38 bits per heavy atom. The second-order valence-electron chi connectivity index (χ2n) is 7.37. The highest BCUT2D eigenvalue weighted by molar-refractivity contribution is 6.33. The molecule has 0 radical (unpaired) electrons. The van der Waals surface area contributed by atoms with Crippen LogP contribution in [0.15, 0.2) is 18.2 Å². The van der Waals surface area contributed by atoms with Gasteiger partial charge >= 0.3 is 0 Å². The molecule has 0 heterocycles. The van der Waals surface area contributed by atoms with Crippen LogP contribution in [0.3, 0.4) is 0 Å². The molecule has 3 atom stereocenters. The molecule has 0 saturated heterocycles. The lowest BCUT2D eigenvalue weighted by Gasteiger charge is -2.39. The summed E-state index contributed by atoms with van der Waals surface area (Å²) < 4.78 is 0. The van der Waals surface area contributed by atoms with Crippen LogP contribution >= 0.6 is 11.6 Å². The Balaban J connectivity index is 1.79. The van der Waals surface area contributed by atoms with Crippen LogP contribution in [0, 0.1) is 16.7 Å². The summed E-state index contributed by atoms with van der Waals surface area (Å²) in [5.74, 6) is 0.663. The summed E-state index contributed by atoms with van der Waals surface area (Å²) in [4.78, 5) is 12.5. The molecule has 21 heavy (non-hydrogen) atoms. The first-order chi connectivity index (χ1) is 9.75. The smallest absolute Gasteiger partial charge is 0.251 e. The molecule has 3 unspecified atom stereocenters. The van der Waals surface area contributed by atoms with Gasteiger partial charge in [0.15, 0.2) is 0 Å². The molecular formula is C17H23ClN2O. The van der Waals surface area contributed by atoms with Crippen LogP contribution < -0.4 is 11.1 Å². The van der Waals surface area contributed by atoms with Crippen LogP contribution in [0.5, 0.6) is 0 Å². The van der Waals surface area contributed by atoms with Gasteiger partial charge < -0.3 is 11.1 Å². The number of nitrogens with two attached hydrogens (primary N) is 1. The molecule has 1 amide bonds. The predicted molar refractivity (Wildman–Crippen MR) is 86.3 cm³/mol. The minimum Gasteiger partial charge on any atom is -0.398 e. The summed E-state index contributed by atoms with van der Waals surface area (Å²) >= 11 is 5.91. The lowest BCUT2D eigenvalue weighted by Crippen LogP contribution is -2.46. The molecular weight excluding hydrogens is 284 g/mol. The van der Waals surface area contributed by atoms with E-state index in [2.05, 4.69) is 26.1 Å². The Morgan fingerprint density at radius 3 is 2.62 bits per heavy atom. The van der Waals surface area contributed by atoms with Gasteiger partial charge in [-0.2, -0.15) is 0 Å². The molecule has 3 N–H and O–H groups in total. The number of carbonyl (C=O) groups excluding carboxylic acids is 1. The topological polar surface area (TPSA) is 55.1 Å². The number of carbonyl (C=O) groups is 1. The normalized spacial score (nSPS) is 33.1. The summed E-state index contributed by atoms with van der Waals surface area (Å²) in [7, 11) is 0. The molecule has 2 aliphatic carbocycles. The average molecular weight is 307 g/mol. The van der Waals surface area contributed by atoms with Crippen LogP contribution in [-0.4, -0.2) is 11.9 Å². The molecule has 3 rings (SSSR count). The Kier molecular flexibility index (Phi) is 3.25. The molecule has 0 aromatic heterocycles. The number of halogens is 1. The van der Waals surface area contributed by atoms with Gasteiger partial charge in [-0.25, -0.2) is 0 Å². The van der Waals surface area contributed by atoms with E-state index >= 15 is 0 Å². The number of rotatable bonds is 2. The van der Waals surface area contributed by atoms with Crippen molar-refractivity contribution in [2.24, 2.45) is 16.7 Å². The van der Waals surface area contributed by atoms with Gasteiger partial charge in [-0.1, -0.05) is 32.4 Å². The van der Waals surface area contributed by atoms with Gasteiger partial charge in [-0.15, -0.1) is 0 Å². The van der Waals surface area contributed by atoms with Gasteiger partial charge in [0, 0.05) is 11.6 Å². The van der Waals surface area contributed by atoms with E-state index in [1.165, 1.54) is 12.8 Å². The molecule has 2 bridgehead atoms. The number of nitrogen functional groups attached to an aromatic ring is 1. The highest BCUT2D eigenvalue weighted by Gasteiger charge is 2.61. The summed E-state index contributed by atoms with van der Waals surface area (Å²) in [6.07, 6.45) is 3.56. The predicted octanol–water partition coefficient (Wildman–Crippen LogP) is 3.87. The maximum atomic E-state index is 12.5. The lowest BCUT2D eigenvalue weighted by atomic mass is 9.69. The zero-order valence-electron chi connectivity index (χ0n) is 12.9. The Morgan fingerprint density at radius 2 is 2.10 bits per heavy atom. The SMILES string of the molecule is CC1(C)C2CCC1(C)C(NC(=O)c1ccc(Cl)c(N)c1)C2. The molecule has 1 aromatic rings. The average Bonchev–Trinajstić information content (AvgIpc) is 2.75. The highest BCUT2D eigenvalue weighted by Crippen LogP contribution is 2.65. The van der Waals surface area contributed by atoms with Crippen molar-refractivity contribution in [2.75, 3.05) is 5.73 Å². The van der Waals surface area contributed by atoms with Crippen molar-refractivity contribution in [3.05, 3.63) is 28.8 Å². The standard InChI is InChI=1S/C17H23ClN2O/c1-16(2)11-6-7-17(16,3)14(9-11)20-15(21)10-4-5-12(18)13(19)8-10/h4-5,8,11,14H,6-7,9,19H2,1-3H3,(H,20,21). The van der Waals surface area contributed by atoms with E-state index in [9.17, 15) is 4.79 Å². The van der Waals surface area contributed by atoms with Crippen molar-refractivity contribution in [1.29, 1.82) is 0 Å². The van der Waals surface area contributed by atoms with E-state index in [-0.39, 0.29) is 17.4 Å². The number of anilines is 1. The summed E-state index contributed by atoms with van der Waals surface area (Å²) in [5.41, 5.74) is 7.30. The van der Waals surface area contributed by atoms with Gasteiger partial charge in [0.2, 0.25) is 0 Å². The minimum atomic E-state index is -0.0482. The lowest BCUT2D eigenvalue weighted by molar-refractivity contribution is 0.0826. The maximum absolute atomic E-state index is 12.5. The maximum Gasteiger partial charge on any atom is 0.251 e. The summed E-state index contributed by atoms with van der Waals surface area (Å²) in [6, 6.07) is 5.31. The van der Waals surface area contributed by atoms with E-state index in [0.29, 0.717) is 27.6 Å². The second-order valence-corrected chi connectivity index (χ2v) is 7.78. The zero-order chi connectivity index (χ0) is 15.4. The van der Waals surface area contributed by atoms with Crippen LogP contribution in [-0.2, 0) is 0 Å². The second kappa shape index (κ2) is 4.64. The first kappa shape index (κ1) is 14.7. The van der Waals surface area contributed by atoms with Gasteiger partial charge in [0.25, 0.3) is 5.91 Å². The van der Waals surface area contributed by atoms with Crippen molar-refractivity contribution in [3.8, 4) is 0 Å². The van der Waals surface area contributed by atoms with Gasteiger partial charge in [-0.05, 0) is 54.2 Å². The third-order valence-corrected chi connectivity index (χ3v) is 6.70. The Labute approximate surface area is 131 Å². The highest BCUT2D eigenvalue weighted by atomic mass is 35.5. The van der Waals surface area contributed by atoms with E-state index in [4.69, 9.17) is 17.3 Å². The third-order valence-electron chi connectivity index (χ3n) is 6.36. The first-order valence-electron chi connectivity index (χ1n) is 7.61. The van der Waals surface area contributed by atoms with Crippen LogP contribution in [0.2, 0.25) is 5.02 Å². The molecule has 4 heteroatoms. The van der Waals surface area contributed by atoms with Gasteiger partial charge in [0.05, 0.1) is 10.7 Å². The summed E-state index contributed by atoms with van der Waals surface area (Å²) in [6.45, 7) is 7.01. The van der Waals surface area contributed by atoms with E-state index in [1.807, 2.05) is 0 Å². The molecule has 2 saturated carbocycles. The number of hydrogen-bond donors (Lipinski definition) is 2. The van der Waals surface area contributed by atoms with Crippen LogP contribution in [0.1, 0.15) is 50.4 Å². The van der Waals surface area contributed by atoms with Gasteiger partial charge in [0.1, 0.15) is 0 Å². The molecule has 2 aliphatic rings. The van der Waals surface area contributed by atoms with Crippen molar-refractivity contribution >= 4 is 23.2 Å². The number of benzene rings is 1. The first-order valence-corrected chi connectivity index (χ1v) is 7.99. The van der Waals surface area contributed by atoms with Crippen molar-refractivity contribution in [2.45, 2.75) is 46.1 Å². The molecule has 0 spiro atoms. The number of amides is 1. The monoisotopic (exact) mass is 306 g/mol. The van der Waals surface area contributed by atoms with E-state index < -0.39 is 0 Å². The number of nitrogens with one attached hydrogen (secondary N) is 1. The number of hydrogen-bond acceptors (Lipinski definition) is 2. The van der Waals surface area contributed by atoms with Gasteiger partial charge in [-0.3, -0.25) is 4.79 Å². The minimum absolute atomic E-state index is 0.0482. The largest absolute Gasteiger partial charge is 0.398 e. The number of fused-ring (bicyclic) bond motifs is 2. The zero-order valence-corrected chi connectivity index (χ0v) is 13.6. The molecule has 0 aliphatic heterocycles. The fourth-order valence-electron chi connectivity index (χ4n) is 4.35. The molecule has 3 nitrogen and oxygen atoms in total. The van der Waals surface area contributed by atoms with Crippen LogP contribution in [0.4, 0.5) is 5.69 Å². The van der Waals surface area contributed by atoms with Crippen molar-refractivity contribution in [3.63, 3.8) is 0 Å². The van der Waals surface area contributed by atoms with E-state index in [1.54, 1.807) is 18.2 Å². The fraction of sp³-hybridized carbons (Fsp3) is 0.588. The quantitative estimate of drug-likeness (QED) is 0.815. The van der Waals surface area contributed by atoms with Crippen molar-refractivity contribution in [1.82, 2.24) is 5.32 Å². The molecule has 2 fully saturated rings.